The lowest BCUT2D eigenvalue weighted by molar-refractivity contribution is 0.0907. The van der Waals surface area contributed by atoms with E-state index in [1.165, 1.54) is 12.5 Å². The van der Waals surface area contributed by atoms with Gasteiger partial charge in [-0.2, -0.15) is 0 Å². The van der Waals surface area contributed by atoms with E-state index in [9.17, 15) is 9.90 Å². The lowest BCUT2D eigenvalue weighted by Gasteiger charge is -2.08. The second-order valence-electron chi connectivity index (χ2n) is 4.72. The van der Waals surface area contributed by atoms with E-state index in [0.29, 0.717) is 11.3 Å². The molecule has 2 aromatic heterocycles. The molecule has 3 rings (SSSR count). The molecule has 2 heterocycles. The fourth-order valence-electron chi connectivity index (χ4n) is 1.98. The van der Waals surface area contributed by atoms with E-state index >= 15 is 0 Å². The Bertz CT molecular complexity index is 735. The van der Waals surface area contributed by atoms with E-state index in [1.54, 1.807) is 12.1 Å². The molecule has 0 aliphatic rings. The number of carbonyl (C=O) groups excluding carboxylic acids is 1. The van der Waals surface area contributed by atoms with Crippen LogP contribution >= 0.6 is 0 Å². The Kier molecular flexibility index (Phi) is 4.02. The predicted octanol–water partition coefficient (Wildman–Crippen LogP) is 2.40. The fourth-order valence-corrected chi connectivity index (χ4v) is 1.98. The van der Waals surface area contributed by atoms with Crippen LogP contribution in [0.5, 0.6) is 0 Å². The zero-order chi connectivity index (χ0) is 15.4. The molecule has 22 heavy (non-hydrogen) atoms. The maximum Gasteiger partial charge on any atom is 0.273 e. The minimum absolute atomic E-state index is 0.0614. The zero-order valence-electron chi connectivity index (χ0n) is 11.6. The van der Waals surface area contributed by atoms with E-state index < -0.39 is 12.0 Å². The molecule has 0 fully saturated rings. The molecule has 1 unspecified atom stereocenters. The van der Waals surface area contributed by atoms with E-state index in [0.717, 1.165) is 5.56 Å². The van der Waals surface area contributed by atoms with E-state index in [1.807, 2.05) is 30.3 Å². The molecule has 1 amide bonds. The Hall–Kier alpha value is -2.86. The highest BCUT2D eigenvalue weighted by Crippen LogP contribution is 2.19. The number of rotatable bonds is 5. The minimum Gasteiger partial charge on any atom is -0.472 e. The summed E-state index contributed by atoms with van der Waals surface area (Å²) in [5, 5.41) is 16.2. The number of aliphatic hydroxyl groups excluding tert-OH is 1. The first kappa shape index (κ1) is 14.1. The van der Waals surface area contributed by atoms with Crippen LogP contribution in [0.2, 0.25) is 0 Å². The van der Waals surface area contributed by atoms with Gasteiger partial charge in [0.05, 0.1) is 18.6 Å². The maximum absolute atomic E-state index is 12.0. The molecule has 0 saturated heterocycles. The molecule has 0 aliphatic carbocycles. The van der Waals surface area contributed by atoms with Crippen LogP contribution < -0.4 is 5.32 Å². The highest BCUT2D eigenvalue weighted by Gasteiger charge is 2.15. The SMILES string of the molecule is O=C(NCC(O)c1ccoc1)c1cc(-c2ccccc2)on1. The van der Waals surface area contributed by atoms with Crippen LogP contribution in [0.15, 0.2) is 63.9 Å². The van der Waals surface area contributed by atoms with E-state index in [-0.39, 0.29) is 12.2 Å². The second kappa shape index (κ2) is 6.28. The van der Waals surface area contributed by atoms with Crippen molar-refractivity contribution in [3.05, 3.63) is 66.2 Å². The number of hydrogen-bond acceptors (Lipinski definition) is 5. The first-order valence-electron chi connectivity index (χ1n) is 6.74. The standard InChI is InChI=1S/C16H14N2O4/c19-14(12-6-7-21-10-12)9-17-16(20)13-8-15(22-18-13)11-4-2-1-3-5-11/h1-8,10,14,19H,9H2,(H,17,20). The number of nitrogens with zero attached hydrogens (tertiary/aromatic N) is 1. The summed E-state index contributed by atoms with van der Waals surface area (Å²) in [6.45, 7) is 0.0614. The molecule has 1 atom stereocenters. The molecule has 2 N–H and O–H groups in total. The van der Waals surface area contributed by atoms with Gasteiger partial charge in [-0.1, -0.05) is 35.5 Å². The van der Waals surface area contributed by atoms with Crippen LogP contribution in [0.25, 0.3) is 11.3 Å². The Balaban J connectivity index is 1.62. The van der Waals surface area contributed by atoms with Gasteiger partial charge in [-0.3, -0.25) is 4.79 Å². The van der Waals surface area contributed by atoms with Gasteiger partial charge in [0.2, 0.25) is 0 Å². The van der Waals surface area contributed by atoms with Gasteiger partial charge in [0.1, 0.15) is 0 Å². The van der Waals surface area contributed by atoms with Gasteiger partial charge in [-0.05, 0) is 6.07 Å². The molecule has 0 radical (unpaired) electrons. The lowest BCUT2D eigenvalue weighted by atomic mass is 10.1. The lowest BCUT2D eigenvalue weighted by Crippen LogP contribution is -2.28. The van der Waals surface area contributed by atoms with Crippen molar-refractivity contribution in [2.45, 2.75) is 6.10 Å². The van der Waals surface area contributed by atoms with Gasteiger partial charge >= 0.3 is 0 Å². The van der Waals surface area contributed by atoms with Crippen molar-refractivity contribution in [2.24, 2.45) is 0 Å². The molecule has 112 valence electrons. The van der Waals surface area contributed by atoms with E-state index in [4.69, 9.17) is 8.94 Å². The quantitative estimate of drug-likeness (QED) is 0.755. The number of hydrogen-bond donors (Lipinski definition) is 2. The molecule has 3 aromatic rings. The third-order valence-electron chi connectivity index (χ3n) is 3.19. The summed E-state index contributed by atoms with van der Waals surface area (Å²) in [5.41, 5.74) is 1.61. The number of aliphatic hydroxyl groups is 1. The van der Waals surface area contributed by atoms with Crippen molar-refractivity contribution in [3.63, 3.8) is 0 Å². The van der Waals surface area contributed by atoms with Crippen molar-refractivity contribution in [1.82, 2.24) is 10.5 Å². The number of benzene rings is 1. The Labute approximate surface area is 126 Å². The summed E-state index contributed by atoms with van der Waals surface area (Å²) >= 11 is 0. The average Bonchev–Trinajstić information content (AvgIpc) is 3.24. The molecule has 0 aliphatic heterocycles. The van der Waals surface area contributed by atoms with Gasteiger partial charge in [0, 0.05) is 23.7 Å². The average molecular weight is 298 g/mol. The van der Waals surface area contributed by atoms with Crippen LogP contribution in [0.3, 0.4) is 0 Å². The Morgan fingerprint density at radius 1 is 1.27 bits per heavy atom. The third kappa shape index (κ3) is 3.07. The number of amides is 1. The Morgan fingerprint density at radius 3 is 2.82 bits per heavy atom. The van der Waals surface area contributed by atoms with Gasteiger partial charge in [-0.25, -0.2) is 0 Å². The van der Waals surface area contributed by atoms with Crippen LogP contribution in [0.1, 0.15) is 22.2 Å². The van der Waals surface area contributed by atoms with Crippen molar-refractivity contribution < 1.29 is 18.8 Å². The molecule has 6 nitrogen and oxygen atoms in total. The summed E-state index contributed by atoms with van der Waals surface area (Å²) < 4.78 is 10.0. The van der Waals surface area contributed by atoms with Crippen LogP contribution in [0, 0.1) is 0 Å². The van der Waals surface area contributed by atoms with Gasteiger partial charge in [-0.15, -0.1) is 0 Å². The summed E-state index contributed by atoms with van der Waals surface area (Å²) in [5.74, 6) is 0.106. The minimum atomic E-state index is -0.830. The second-order valence-corrected chi connectivity index (χ2v) is 4.72. The molecular formula is C16H14N2O4. The van der Waals surface area contributed by atoms with Gasteiger partial charge in [0.25, 0.3) is 5.91 Å². The first-order chi connectivity index (χ1) is 10.7. The first-order valence-corrected chi connectivity index (χ1v) is 6.74. The van der Waals surface area contributed by atoms with Crippen molar-refractivity contribution >= 4 is 5.91 Å². The summed E-state index contributed by atoms with van der Waals surface area (Å²) in [6, 6.07) is 12.6. The van der Waals surface area contributed by atoms with Crippen molar-refractivity contribution in [3.8, 4) is 11.3 Å². The van der Waals surface area contributed by atoms with Crippen LogP contribution in [-0.2, 0) is 0 Å². The molecule has 6 heteroatoms. The molecule has 1 aromatic carbocycles. The molecule has 0 saturated carbocycles. The van der Waals surface area contributed by atoms with Crippen LogP contribution in [-0.4, -0.2) is 22.7 Å². The van der Waals surface area contributed by atoms with Gasteiger partial charge < -0.3 is 19.4 Å². The highest BCUT2D eigenvalue weighted by molar-refractivity contribution is 5.93. The van der Waals surface area contributed by atoms with Crippen molar-refractivity contribution in [1.29, 1.82) is 0 Å². The number of furan rings is 1. The zero-order valence-corrected chi connectivity index (χ0v) is 11.6. The normalized spacial score (nSPS) is 12.0. The fraction of sp³-hybridized carbons (Fsp3) is 0.125. The topological polar surface area (TPSA) is 88.5 Å². The van der Waals surface area contributed by atoms with E-state index in [2.05, 4.69) is 10.5 Å². The largest absolute Gasteiger partial charge is 0.472 e. The van der Waals surface area contributed by atoms with Crippen LogP contribution in [0.4, 0.5) is 0 Å². The molecule has 0 bridgehead atoms. The van der Waals surface area contributed by atoms with Crippen molar-refractivity contribution in [2.75, 3.05) is 6.54 Å². The summed E-state index contributed by atoms with van der Waals surface area (Å²) in [6.07, 6.45) is 2.06. The number of carbonyl (C=O) groups is 1. The Morgan fingerprint density at radius 2 is 2.09 bits per heavy atom. The molecular weight excluding hydrogens is 284 g/mol. The number of aromatic nitrogens is 1. The third-order valence-corrected chi connectivity index (χ3v) is 3.19. The maximum atomic E-state index is 12.0. The highest BCUT2D eigenvalue weighted by atomic mass is 16.5. The monoisotopic (exact) mass is 298 g/mol. The smallest absolute Gasteiger partial charge is 0.273 e. The molecule has 0 spiro atoms. The predicted molar refractivity (Wildman–Crippen MR) is 77.9 cm³/mol. The summed E-state index contributed by atoms with van der Waals surface area (Å²) in [4.78, 5) is 12.0. The summed E-state index contributed by atoms with van der Waals surface area (Å²) in [7, 11) is 0. The number of nitrogens with one attached hydrogen (secondary N) is 1. The van der Waals surface area contributed by atoms with Gasteiger partial charge in [0.15, 0.2) is 11.5 Å².